The Morgan fingerprint density at radius 3 is 2.93 bits per heavy atom. The van der Waals surface area contributed by atoms with Crippen LogP contribution in [-0.4, -0.2) is 19.2 Å². The number of carbonyl (C=O) groups excluding carboxylic acids is 1. The van der Waals surface area contributed by atoms with Crippen molar-refractivity contribution in [3.05, 3.63) is 33.4 Å². The van der Waals surface area contributed by atoms with Crippen molar-refractivity contribution in [2.45, 2.75) is 13.5 Å². The maximum absolute atomic E-state index is 11.0. The van der Waals surface area contributed by atoms with Crippen molar-refractivity contribution in [2.75, 3.05) is 13.2 Å². The summed E-state index contributed by atoms with van der Waals surface area (Å²) in [5, 5.41) is 0. The average Bonchev–Trinajstić information content (AvgIpc) is 2.18. The standard InChI is InChI=1S/C11H13IO3/c1-2-15-11(13)8-14-7-9-4-3-5-10(12)6-9/h3-6H,2,7-8H2,1H3. The van der Waals surface area contributed by atoms with Gasteiger partial charge in [-0.25, -0.2) is 4.79 Å². The van der Waals surface area contributed by atoms with Gasteiger partial charge in [-0.05, 0) is 47.2 Å². The quantitative estimate of drug-likeness (QED) is 0.617. The second-order valence-electron chi connectivity index (χ2n) is 2.93. The second kappa shape index (κ2) is 6.79. The molecule has 0 saturated carbocycles. The lowest BCUT2D eigenvalue weighted by Crippen LogP contribution is -2.12. The van der Waals surface area contributed by atoms with Crippen LogP contribution in [0.25, 0.3) is 0 Å². The minimum Gasteiger partial charge on any atom is -0.464 e. The Labute approximate surface area is 103 Å². The summed E-state index contributed by atoms with van der Waals surface area (Å²) in [7, 11) is 0. The third kappa shape index (κ3) is 5.13. The molecule has 0 aromatic heterocycles. The van der Waals surface area contributed by atoms with Gasteiger partial charge in [0.1, 0.15) is 6.61 Å². The van der Waals surface area contributed by atoms with E-state index in [1.807, 2.05) is 24.3 Å². The minimum atomic E-state index is -0.317. The summed E-state index contributed by atoms with van der Waals surface area (Å²) in [5.74, 6) is -0.317. The summed E-state index contributed by atoms with van der Waals surface area (Å²) in [6.45, 7) is 2.62. The van der Waals surface area contributed by atoms with Gasteiger partial charge >= 0.3 is 5.97 Å². The van der Waals surface area contributed by atoms with E-state index in [1.165, 1.54) is 0 Å². The Bertz CT molecular complexity index is 325. The Kier molecular flexibility index (Phi) is 5.63. The van der Waals surface area contributed by atoms with E-state index in [2.05, 4.69) is 22.6 Å². The lowest BCUT2D eigenvalue weighted by atomic mass is 10.2. The molecule has 0 N–H and O–H groups in total. The zero-order chi connectivity index (χ0) is 11.1. The van der Waals surface area contributed by atoms with Crippen molar-refractivity contribution in [1.82, 2.24) is 0 Å². The molecule has 0 bridgehead atoms. The van der Waals surface area contributed by atoms with E-state index in [-0.39, 0.29) is 12.6 Å². The Balaban J connectivity index is 2.28. The number of hydrogen-bond acceptors (Lipinski definition) is 3. The summed E-state index contributed by atoms with van der Waals surface area (Å²) < 4.78 is 11.1. The molecule has 0 unspecified atom stereocenters. The monoisotopic (exact) mass is 320 g/mol. The van der Waals surface area contributed by atoms with Gasteiger partial charge in [-0.1, -0.05) is 12.1 Å². The van der Waals surface area contributed by atoms with Crippen LogP contribution in [0.15, 0.2) is 24.3 Å². The normalized spacial score (nSPS) is 10.0. The highest BCUT2D eigenvalue weighted by atomic mass is 127. The lowest BCUT2D eigenvalue weighted by Gasteiger charge is -2.04. The molecule has 0 aliphatic rings. The summed E-state index contributed by atoms with van der Waals surface area (Å²) in [5.41, 5.74) is 1.06. The molecule has 82 valence electrons. The van der Waals surface area contributed by atoms with E-state index in [0.717, 1.165) is 9.13 Å². The molecule has 15 heavy (non-hydrogen) atoms. The maximum atomic E-state index is 11.0. The SMILES string of the molecule is CCOC(=O)COCc1cccc(I)c1. The van der Waals surface area contributed by atoms with Gasteiger partial charge < -0.3 is 9.47 Å². The molecule has 0 saturated heterocycles. The van der Waals surface area contributed by atoms with Crippen LogP contribution >= 0.6 is 22.6 Å². The second-order valence-corrected chi connectivity index (χ2v) is 4.17. The van der Waals surface area contributed by atoms with Crippen LogP contribution in [-0.2, 0) is 20.9 Å². The Morgan fingerprint density at radius 2 is 2.27 bits per heavy atom. The van der Waals surface area contributed by atoms with E-state index in [4.69, 9.17) is 9.47 Å². The largest absolute Gasteiger partial charge is 0.464 e. The molecule has 0 aliphatic carbocycles. The smallest absolute Gasteiger partial charge is 0.332 e. The summed E-state index contributed by atoms with van der Waals surface area (Å²) in [6, 6.07) is 7.96. The number of hydrogen-bond donors (Lipinski definition) is 0. The van der Waals surface area contributed by atoms with E-state index in [9.17, 15) is 4.79 Å². The van der Waals surface area contributed by atoms with Crippen LogP contribution in [0.1, 0.15) is 12.5 Å². The zero-order valence-corrected chi connectivity index (χ0v) is 10.7. The number of ether oxygens (including phenoxy) is 2. The fraction of sp³-hybridized carbons (Fsp3) is 0.364. The number of halogens is 1. The van der Waals surface area contributed by atoms with Crippen LogP contribution in [0, 0.1) is 3.57 Å². The highest BCUT2D eigenvalue weighted by molar-refractivity contribution is 14.1. The van der Waals surface area contributed by atoms with Crippen LogP contribution in [0.3, 0.4) is 0 Å². The molecule has 1 aromatic rings. The molecular weight excluding hydrogens is 307 g/mol. The predicted octanol–water partition coefficient (Wildman–Crippen LogP) is 2.37. The molecule has 0 radical (unpaired) electrons. The van der Waals surface area contributed by atoms with Gasteiger partial charge in [0.15, 0.2) is 0 Å². The molecule has 4 heteroatoms. The van der Waals surface area contributed by atoms with Crippen LogP contribution in [0.2, 0.25) is 0 Å². The zero-order valence-electron chi connectivity index (χ0n) is 8.53. The first kappa shape index (κ1) is 12.4. The molecule has 1 rings (SSSR count). The fourth-order valence-electron chi connectivity index (χ4n) is 1.08. The molecule has 0 amide bonds. The van der Waals surface area contributed by atoms with Crippen molar-refractivity contribution in [1.29, 1.82) is 0 Å². The summed E-state index contributed by atoms with van der Waals surface area (Å²) >= 11 is 2.24. The number of benzene rings is 1. The molecule has 0 atom stereocenters. The molecule has 0 aliphatic heterocycles. The van der Waals surface area contributed by atoms with E-state index in [1.54, 1.807) is 6.92 Å². The third-order valence-electron chi connectivity index (χ3n) is 1.68. The van der Waals surface area contributed by atoms with Gasteiger partial charge in [0, 0.05) is 3.57 Å². The van der Waals surface area contributed by atoms with Crippen LogP contribution in [0.5, 0.6) is 0 Å². The van der Waals surface area contributed by atoms with Gasteiger partial charge in [-0.2, -0.15) is 0 Å². The molecule has 0 fully saturated rings. The molecular formula is C11H13IO3. The van der Waals surface area contributed by atoms with Crippen molar-refractivity contribution >= 4 is 28.6 Å². The fourth-order valence-corrected chi connectivity index (χ4v) is 1.69. The number of esters is 1. The summed E-state index contributed by atoms with van der Waals surface area (Å²) in [4.78, 5) is 11.0. The summed E-state index contributed by atoms with van der Waals surface area (Å²) in [6.07, 6.45) is 0. The van der Waals surface area contributed by atoms with E-state index >= 15 is 0 Å². The third-order valence-corrected chi connectivity index (χ3v) is 2.35. The first-order valence-electron chi connectivity index (χ1n) is 4.70. The average molecular weight is 320 g/mol. The Hall–Kier alpha value is -0.620. The van der Waals surface area contributed by atoms with Crippen molar-refractivity contribution in [3.63, 3.8) is 0 Å². The highest BCUT2D eigenvalue weighted by Gasteiger charge is 2.01. The lowest BCUT2D eigenvalue weighted by molar-refractivity contribution is -0.148. The Morgan fingerprint density at radius 1 is 1.47 bits per heavy atom. The van der Waals surface area contributed by atoms with Gasteiger partial charge in [-0.3, -0.25) is 0 Å². The molecule has 1 aromatic carbocycles. The van der Waals surface area contributed by atoms with Gasteiger partial charge in [0.05, 0.1) is 13.2 Å². The molecule has 3 nitrogen and oxygen atoms in total. The van der Waals surface area contributed by atoms with Crippen molar-refractivity contribution in [2.24, 2.45) is 0 Å². The highest BCUT2D eigenvalue weighted by Crippen LogP contribution is 2.08. The predicted molar refractivity (Wildman–Crippen MR) is 65.4 cm³/mol. The maximum Gasteiger partial charge on any atom is 0.332 e. The van der Waals surface area contributed by atoms with Crippen LogP contribution in [0.4, 0.5) is 0 Å². The first-order chi connectivity index (χ1) is 7.22. The minimum absolute atomic E-state index is 0.0132. The van der Waals surface area contributed by atoms with E-state index in [0.29, 0.717) is 13.2 Å². The van der Waals surface area contributed by atoms with Gasteiger partial charge in [-0.15, -0.1) is 0 Å². The molecule has 0 heterocycles. The first-order valence-corrected chi connectivity index (χ1v) is 5.78. The van der Waals surface area contributed by atoms with Crippen molar-refractivity contribution < 1.29 is 14.3 Å². The van der Waals surface area contributed by atoms with Crippen LogP contribution < -0.4 is 0 Å². The van der Waals surface area contributed by atoms with Gasteiger partial charge in [0.25, 0.3) is 0 Å². The van der Waals surface area contributed by atoms with E-state index < -0.39 is 0 Å². The number of carbonyl (C=O) groups is 1. The van der Waals surface area contributed by atoms with Crippen molar-refractivity contribution in [3.8, 4) is 0 Å². The van der Waals surface area contributed by atoms with Gasteiger partial charge in [0.2, 0.25) is 0 Å². The topological polar surface area (TPSA) is 35.5 Å². The number of rotatable bonds is 5. The molecule has 0 spiro atoms.